The zero-order valence-corrected chi connectivity index (χ0v) is 17.3. The van der Waals surface area contributed by atoms with E-state index in [1.54, 1.807) is 18.4 Å². The summed E-state index contributed by atoms with van der Waals surface area (Å²) in [5.74, 6) is -0.0751. The molecule has 0 radical (unpaired) electrons. The highest BCUT2D eigenvalue weighted by Gasteiger charge is 2.22. The number of aromatic carboxylic acids is 1. The van der Waals surface area contributed by atoms with Gasteiger partial charge < -0.3 is 19.7 Å². The summed E-state index contributed by atoms with van der Waals surface area (Å²) in [6.07, 6.45) is 0.947. The van der Waals surface area contributed by atoms with Crippen molar-refractivity contribution >= 4 is 17.3 Å². The van der Waals surface area contributed by atoms with Crippen LogP contribution in [0.25, 0.3) is 0 Å². The minimum Gasteiger partial charge on any atom is -0.497 e. The second kappa shape index (κ2) is 9.08. The van der Waals surface area contributed by atoms with E-state index < -0.39 is 5.97 Å². The van der Waals surface area contributed by atoms with E-state index in [1.807, 2.05) is 38.1 Å². The molecule has 0 amide bonds. The van der Waals surface area contributed by atoms with Crippen LogP contribution >= 0.6 is 11.3 Å². The van der Waals surface area contributed by atoms with Crippen molar-refractivity contribution < 1.29 is 14.6 Å². The van der Waals surface area contributed by atoms with Crippen molar-refractivity contribution in [1.29, 1.82) is 0 Å². The Hall–Kier alpha value is -2.57. The highest BCUT2D eigenvalue weighted by atomic mass is 32.1. The van der Waals surface area contributed by atoms with E-state index in [-0.39, 0.29) is 0 Å². The second-order valence-corrected chi connectivity index (χ2v) is 7.81. The number of methoxy groups -OCH3 is 1. The lowest BCUT2D eigenvalue weighted by atomic mass is 10.1. The molecule has 2 N–H and O–H groups in total. The Labute approximate surface area is 169 Å². The lowest BCUT2D eigenvalue weighted by Gasteiger charge is -2.11. The highest BCUT2D eigenvalue weighted by Crippen LogP contribution is 2.25. The number of benzene rings is 1. The lowest BCUT2D eigenvalue weighted by molar-refractivity contribution is 0.0694. The molecule has 0 aliphatic heterocycles. The maximum absolute atomic E-state index is 11.9. The van der Waals surface area contributed by atoms with Gasteiger partial charge in [-0.3, -0.25) is 0 Å². The van der Waals surface area contributed by atoms with Gasteiger partial charge in [0.25, 0.3) is 0 Å². The summed E-state index contributed by atoms with van der Waals surface area (Å²) in [5, 5.41) is 15.3. The van der Waals surface area contributed by atoms with E-state index >= 15 is 0 Å². The molecular weight excluding hydrogens is 372 g/mol. The van der Waals surface area contributed by atoms with Crippen LogP contribution < -0.4 is 10.1 Å². The van der Waals surface area contributed by atoms with Crippen LogP contribution in [0, 0.1) is 13.8 Å². The molecule has 0 saturated heterocycles. The zero-order valence-electron chi connectivity index (χ0n) is 16.5. The number of hydrogen-bond acceptors (Lipinski definition) is 4. The predicted molar refractivity (Wildman–Crippen MR) is 113 cm³/mol. The number of aromatic nitrogens is 1. The average Bonchev–Trinajstić information content (AvgIpc) is 3.28. The fraction of sp³-hybridized carbons (Fsp3) is 0.318. The Balaban J connectivity index is 1.79. The molecule has 0 unspecified atom stereocenters. The molecule has 3 aromatic rings. The molecule has 0 spiro atoms. The Morgan fingerprint density at radius 1 is 1.21 bits per heavy atom. The molecule has 6 heteroatoms. The quantitative estimate of drug-likeness (QED) is 0.529. The van der Waals surface area contributed by atoms with Crippen molar-refractivity contribution in [2.75, 3.05) is 13.7 Å². The summed E-state index contributed by atoms with van der Waals surface area (Å²) in [5.41, 5.74) is 4.11. The maximum atomic E-state index is 11.9. The monoisotopic (exact) mass is 398 g/mol. The first kappa shape index (κ1) is 20.2. The van der Waals surface area contributed by atoms with Gasteiger partial charge in [0.1, 0.15) is 5.75 Å². The molecule has 0 fully saturated rings. The Morgan fingerprint density at radius 3 is 2.71 bits per heavy atom. The van der Waals surface area contributed by atoms with Crippen LogP contribution in [0.5, 0.6) is 5.75 Å². The van der Waals surface area contributed by atoms with Crippen LogP contribution in [0.2, 0.25) is 0 Å². The largest absolute Gasteiger partial charge is 0.497 e. The third-order valence-electron chi connectivity index (χ3n) is 5.03. The number of ether oxygens (including phenoxy) is 1. The molecule has 5 nitrogen and oxygen atoms in total. The Morgan fingerprint density at radius 2 is 2.04 bits per heavy atom. The van der Waals surface area contributed by atoms with E-state index in [4.69, 9.17) is 4.74 Å². The van der Waals surface area contributed by atoms with E-state index in [1.165, 1.54) is 4.88 Å². The predicted octanol–water partition coefficient (Wildman–Crippen LogP) is 4.25. The van der Waals surface area contributed by atoms with Crippen LogP contribution in [-0.4, -0.2) is 29.3 Å². The summed E-state index contributed by atoms with van der Waals surface area (Å²) in [6, 6.07) is 12.0. The number of nitrogens with zero attached hydrogens (tertiary/aromatic N) is 1. The normalized spacial score (nSPS) is 11.0. The van der Waals surface area contributed by atoms with Crippen LogP contribution in [-0.2, 0) is 19.5 Å². The van der Waals surface area contributed by atoms with E-state index in [0.29, 0.717) is 18.7 Å². The minimum atomic E-state index is -0.875. The lowest BCUT2D eigenvalue weighted by Crippen LogP contribution is -2.18. The molecule has 0 saturated carbocycles. The summed E-state index contributed by atoms with van der Waals surface area (Å²) < 4.78 is 7.38. The number of nitrogens with one attached hydrogen (secondary N) is 1. The van der Waals surface area contributed by atoms with E-state index in [9.17, 15) is 9.90 Å². The molecule has 1 aromatic carbocycles. The topological polar surface area (TPSA) is 63.5 Å². The third kappa shape index (κ3) is 4.46. The molecule has 0 atom stereocenters. The molecule has 2 aromatic heterocycles. The van der Waals surface area contributed by atoms with Gasteiger partial charge in [0, 0.05) is 41.5 Å². The summed E-state index contributed by atoms with van der Waals surface area (Å²) in [7, 11) is 1.65. The van der Waals surface area contributed by atoms with Gasteiger partial charge in [0.15, 0.2) is 0 Å². The average molecular weight is 399 g/mol. The van der Waals surface area contributed by atoms with Crippen molar-refractivity contribution in [3.05, 3.63) is 74.7 Å². The molecule has 3 rings (SSSR count). The number of thiophene rings is 1. The SMILES string of the molecule is COc1cccc(Cn2c(C)c(CNCCc3cccs3)c(C(=O)O)c2C)c1. The van der Waals surface area contributed by atoms with Gasteiger partial charge >= 0.3 is 5.97 Å². The van der Waals surface area contributed by atoms with Crippen molar-refractivity contribution in [3.63, 3.8) is 0 Å². The number of hydrogen-bond donors (Lipinski definition) is 2. The summed E-state index contributed by atoms with van der Waals surface area (Å²) >= 11 is 1.74. The van der Waals surface area contributed by atoms with Gasteiger partial charge in [0.05, 0.1) is 12.7 Å². The molecule has 148 valence electrons. The van der Waals surface area contributed by atoms with Gasteiger partial charge in [-0.25, -0.2) is 4.79 Å². The Kier molecular flexibility index (Phi) is 6.54. The van der Waals surface area contributed by atoms with Gasteiger partial charge in [-0.15, -0.1) is 11.3 Å². The smallest absolute Gasteiger partial charge is 0.337 e. The second-order valence-electron chi connectivity index (χ2n) is 6.77. The van der Waals surface area contributed by atoms with E-state index in [2.05, 4.69) is 27.4 Å². The van der Waals surface area contributed by atoms with Crippen molar-refractivity contribution in [2.45, 2.75) is 33.4 Å². The standard InChI is InChI=1S/C22H26N2O3S/c1-15-20(13-23-10-9-19-8-5-11-28-19)21(22(25)26)16(2)24(15)14-17-6-4-7-18(12-17)27-3/h4-8,11-12,23H,9-10,13-14H2,1-3H3,(H,25,26). The van der Waals surface area contributed by atoms with Crippen LogP contribution in [0.4, 0.5) is 0 Å². The molecule has 28 heavy (non-hydrogen) atoms. The maximum Gasteiger partial charge on any atom is 0.337 e. The van der Waals surface area contributed by atoms with Crippen molar-refractivity contribution in [1.82, 2.24) is 9.88 Å². The first-order valence-electron chi connectivity index (χ1n) is 9.29. The number of carboxylic acid groups (broad SMARTS) is 1. The van der Waals surface area contributed by atoms with Gasteiger partial charge in [0.2, 0.25) is 0 Å². The van der Waals surface area contributed by atoms with Gasteiger partial charge in [-0.2, -0.15) is 0 Å². The molecule has 0 bridgehead atoms. The minimum absolute atomic E-state index is 0.406. The van der Waals surface area contributed by atoms with Crippen LogP contribution in [0.15, 0.2) is 41.8 Å². The van der Waals surface area contributed by atoms with Crippen LogP contribution in [0.1, 0.15) is 37.7 Å². The number of carbonyl (C=O) groups is 1. The van der Waals surface area contributed by atoms with Crippen molar-refractivity contribution in [3.8, 4) is 5.75 Å². The third-order valence-corrected chi connectivity index (χ3v) is 5.96. The number of rotatable bonds is 9. The zero-order chi connectivity index (χ0) is 20.1. The van der Waals surface area contributed by atoms with Gasteiger partial charge in [-0.1, -0.05) is 18.2 Å². The van der Waals surface area contributed by atoms with Crippen molar-refractivity contribution in [2.24, 2.45) is 0 Å². The molecule has 0 aliphatic carbocycles. The fourth-order valence-electron chi connectivity index (χ4n) is 3.52. The van der Waals surface area contributed by atoms with Gasteiger partial charge in [-0.05, 0) is 49.4 Å². The summed E-state index contributed by atoms with van der Waals surface area (Å²) in [6.45, 7) is 5.86. The fourth-order valence-corrected chi connectivity index (χ4v) is 4.23. The summed E-state index contributed by atoms with van der Waals surface area (Å²) in [4.78, 5) is 13.2. The molecule has 2 heterocycles. The first-order chi connectivity index (χ1) is 13.5. The first-order valence-corrected chi connectivity index (χ1v) is 10.2. The molecule has 0 aliphatic rings. The Bertz CT molecular complexity index is 945. The van der Waals surface area contributed by atoms with E-state index in [0.717, 1.165) is 41.2 Å². The highest BCUT2D eigenvalue weighted by molar-refractivity contribution is 7.09. The van der Waals surface area contributed by atoms with Crippen LogP contribution in [0.3, 0.4) is 0 Å². The number of carboxylic acids is 1. The molecular formula is C22H26N2O3S.